The van der Waals surface area contributed by atoms with E-state index in [1.54, 1.807) is 5.48 Å². The number of benzene rings is 2. The molecule has 2 aromatic rings. The lowest BCUT2D eigenvalue weighted by atomic mass is 9.87. The van der Waals surface area contributed by atoms with E-state index in [0.29, 0.717) is 6.42 Å². The second-order valence-electron chi connectivity index (χ2n) is 6.10. The molecule has 0 aliphatic carbocycles. The zero-order valence-corrected chi connectivity index (χ0v) is 14.9. The first-order valence-electron chi connectivity index (χ1n) is 8.06. The fraction of sp³-hybridized carbons (Fsp3) is 0.316. The van der Waals surface area contributed by atoms with Gasteiger partial charge in [0.05, 0.1) is 0 Å². The molecule has 3 nitrogen and oxygen atoms in total. The van der Waals surface area contributed by atoms with Crippen molar-refractivity contribution in [1.29, 1.82) is 0 Å². The summed E-state index contributed by atoms with van der Waals surface area (Å²) >= 11 is 7.77. The van der Waals surface area contributed by atoms with Gasteiger partial charge in [-0.2, -0.15) is 0 Å². The van der Waals surface area contributed by atoms with E-state index in [4.69, 9.17) is 16.8 Å². The first-order valence-corrected chi connectivity index (χ1v) is 9.43. The molecule has 1 amide bonds. The summed E-state index contributed by atoms with van der Waals surface area (Å²) in [5.74, 6) is 0.712. The summed E-state index contributed by atoms with van der Waals surface area (Å²) in [7, 11) is 0. The highest BCUT2D eigenvalue weighted by Crippen LogP contribution is 2.47. The Kier molecular flexibility index (Phi) is 5.49. The monoisotopic (exact) mass is 361 g/mol. The number of hydrogen-bond acceptors (Lipinski definition) is 3. The van der Waals surface area contributed by atoms with Crippen LogP contribution in [0.3, 0.4) is 0 Å². The van der Waals surface area contributed by atoms with Crippen molar-refractivity contribution in [2.75, 3.05) is 5.75 Å². The number of halogens is 1. The molecule has 126 valence electrons. The summed E-state index contributed by atoms with van der Waals surface area (Å²) in [6, 6.07) is 16.2. The van der Waals surface area contributed by atoms with E-state index >= 15 is 0 Å². The Balaban J connectivity index is 1.88. The number of hydroxylamine groups is 1. The van der Waals surface area contributed by atoms with E-state index in [-0.39, 0.29) is 10.7 Å². The predicted octanol–water partition coefficient (Wildman–Crippen LogP) is 5.01. The number of nitrogens with one attached hydrogen (secondary N) is 1. The molecule has 1 aliphatic rings. The highest BCUT2D eigenvalue weighted by molar-refractivity contribution is 8.00. The van der Waals surface area contributed by atoms with E-state index in [1.807, 2.05) is 36.0 Å². The molecule has 1 saturated heterocycles. The van der Waals surface area contributed by atoms with Gasteiger partial charge in [-0.25, -0.2) is 5.48 Å². The van der Waals surface area contributed by atoms with Crippen molar-refractivity contribution in [3.63, 3.8) is 0 Å². The summed E-state index contributed by atoms with van der Waals surface area (Å²) in [6.45, 7) is 0. The van der Waals surface area contributed by atoms with Crippen molar-refractivity contribution in [1.82, 2.24) is 5.48 Å². The van der Waals surface area contributed by atoms with Crippen LogP contribution in [0, 0.1) is 0 Å². The molecule has 24 heavy (non-hydrogen) atoms. The number of carbonyl (C=O) groups is 1. The molecule has 2 aromatic carbocycles. The molecule has 1 unspecified atom stereocenters. The van der Waals surface area contributed by atoms with Gasteiger partial charge in [0.25, 0.3) is 0 Å². The highest BCUT2D eigenvalue weighted by Gasteiger charge is 2.36. The van der Waals surface area contributed by atoms with Gasteiger partial charge in [0.2, 0.25) is 5.91 Å². The first-order chi connectivity index (χ1) is 11.6. The van der Waals surface area contributed by atoms with Crippen molar-refractivity contribution >= 4 is 29.3 Å². The molecule has 2 N–H and O–H groups in total. The Morgan fingerprint density at radius 3 is 2.25 bits per heavy atom. The lowest BCUT2D eigenvalue weighted by Crippen LogP contribution is -2.33. The smallest absolute Gasteiger partial charge is 0.245 e. The van der Waals surface area contributed by atoms with Gasteiger partial charge in [0.1, 0.15) is 0 Å². The summed E-state index contributed by atoms with van der Waals surface area (Å²) < 4.78 is -0.246. The maximum absolute atomic E-state index is 11.8. The van der Waals surface area contributed by atoms with Gasteiger partial charge >= 0.3 is 0 Å². The minimum Gasteiger partial charge on any atom is -0.289 e. The minimum atomic E-state index is -0.328. The number of hydrogen-bond donors (Lipinski definition) is 2. The topological polar surface area (TPSA) is 49.3 Å². The third-order valence-electron chi connectivity index (χ3n) is 4.51. The quantitative estimate of drug-likeness (QED) is 0.594. The standard InChI is InChI=1S/C19H20ClNO2S/c20-17-9-5-15(6-10-17)14-3-7-16(8-4-14)19(13-18(22)21-23)11-1-2-12-24-19/h3-10,23H,1-2,11-13H2,(H,21,22). The molecule has 3 rings (SSSR count). The Hall–Kier alpha value is -1.49. The minimum absolute atomic E-state index is 0.246. The molecule has 1 atom stereocenters. The number of carbonyl (C=O) groups excluding carboxylic acids is 1. The van der Waals surface area contributed by atoms with Crippen LogP contribution in [0.2, 0.25) is 5.02 Å². The molecule has 0 aromatic heterocycles. The Morgan fingerprint density at radius 2 is 1.71 bits per heavy atom. The third-order valence-corrected chi connectivity index (χ3v) is 6.39. The van der Waals surface area contributed by atoms with Crippen molar-refractivity contribution in [3.8, 4) is 11.1 Å². The largest absolute Gasteiger partial charge is 0.289 e. The molecular formula is C19H20ClNO2S. The second kappa shape index (κ2) is 7.60. The first kappa shape index (κ1) is 17.3. The average Bonchev–Trinajstić information content (AvgIpc) is 2.63. The van der Waals surface area contributed by atoms with Crippen molar-refractivity contribution < 1.29 is 10.0 Å². The van der Waals surface area contributed by atoms with Gasteiger partial charge in [-0.3, -0.25) is 10.0 Å². The fourth-order valence-electron chi connectivity index (χ4n) is 3.23. The van der Waals surface area contributed by atoms with Crippen LogP contribution in [-0.4, -0.2) is 16.9 Å². The molecule has 1 fully saturated rings. The van der Waals surface area contributed by atoms with Crippen LogP contribution in [-0.2, 0) is 9.54 Å². The van der Waals surface area contributed by atoms with E-state index in [9.17, 15) is 4.79 Å². The zero-order valence-electron chi connectivity index (χ0n) is 13.3. The number of thioether (sulfide) groups is 1. The van der Waals surface area contributed by atoms with E-state index in [2.05, 4.69) is 24.3 Å². The molecular weight excluding hydrogens is 342 g/mol. The highest BCUT2D eigenvalue weighted by atomic mass is 35.5. The lowest BCUT2D eigenvalue weighted by Gasteiger charge is -2.36. The van der Waals surface area contributed by atoms with Crippen LogP contribution in [0.15, 0.2) is 48.5 Å². The molecule has 0 spiro atoms. The summed E-state index contributed by atoms with van der Waals surface area (Å²) in [4.78, 5) is 11.8. The normalized spacial score (nSPS) is 20.6. The lowest BCUT2D eigenvalue weighted by molar-refractivity contribution is -0.129. The van der Waals surface area contributed by atoms with E-state index < -0.39 is 0 Å². The van der Waals surface area contributed by atoms with Gasteiger partial charge in [-0.1, -0.05) is 54.4 Å². The van der Waals surface area contributed by atoms with Crippen LogP contribution in [0.25, 0.3) is 11.1 Å². The third kappa shape index (κ3) is 3.77. The maximum atomic E-state index is 11.8. The van der Waals surface area contributed by atoms with E-state index in [1.165, 1.54) is 6.42 Å². The fourth-order valence-corrected chi connectivity index (χ4v) is 4.92. The van der Waals surface area contributed by atoms with Crippen molar-refractivity contribution in [3.05, 3.63) is 59.1 Å². The van der Waals surface area contributed by atoms with Gasteiger partial charge in [-0.05, 0) is 47.4 Å². The average molecular weight is 362 g/mol. The number of amides is 1. The maximum Gasteiger partial charge on any atom is 0.245 e. The molecule has 5 heteroatoms. The summed E-state index contributed by atoms with van der Waals surface area (Å²) in [5.41, 5.74) is 5.17. The Bertz CT molecular complexity index is 694. The SMILES string of the molecule is O=C(CC1(c2ccc(-c3ccc(Cl)cc3)cc2)CCCCS1)NO. The van der Waals surface area contributed by atoms with Crippen LogP contribution in [0.4, 0.5) is 0 Å². The number of rotatable bonds is 4. The Labute approximate surface area is 151 Å². The van der Waals surface area contributed by atoms with Crippen LogP contribution >= 0.6 is 23.4 Å². The van der Waals surface area contributed by atoms with Gasteiger partial charge < -0.3 is 0 Å². The summed E-state index contributed by atoms with van der Waals surface area (Å²) in [5, 5.41) is 9.65. The summed E-state index contributed by atoms with van der Waals surface area (Å²) in [6.07, 6.45) is 3.53. The van der Waals surface area contributed by atoms with Crippen LogP contribution < -0.4 is 5.48 Å². The molecule has 0 saturated carbocycles. The second-order valence-corrected chi connectivity index (χ2v) is 8.01. The Morgan fingerprint density at radius 1 is 1.08 bits per heavy atom. The molecule has 0 radical (unpaired) electrons. The predicted molar refractivity (Wildman–Crippen MR) is 99.4 cm³/mol. The van der Waals surface area contributed by atoms with Crippen molar-refractivity contribution in [2.45, 2.75) is 30.4 Å². The van der Waals surface area contributed by atoms with Crippen LogP contribution in [0.1, 0.15) is 31.2 Å². The van der Waals surface area contributed by atoms with E-state index in [0.717, 1.165) is 40.3 Å². The molecule has 1 aliphatic heterocycles. The van der Waals surface area contributed by atoms with Crippen molar-refractivity contribution in [2.24, 2.45) is 0 Å². The van der Waals surface area contributed by atoms with Gasteiger partial charge in [-0.15, -0.1) is 11.8 Å². The molecule has 0 bridgehead atoms. The zero-order chi connectivity index (χ0) is 17.0. The van der Waals surface area contributed by atoms with Gasteiger partial charge in [0, 0.05) is 16.2 Å². The molecule has 1 heterocycles. The van der Waals surface area contributed by atoms with Crippen LogP contribution in [0.5, 0.6) is 0 Å². The van der Waals surface area contributed by atoms with Gasteiger partial charge in [0.15, 0.2) is 0 Å².